The molecule has 1 unspecified atom stereocenters. The van der Waals surface area contributed by atoms with Crippen LogP contribution in [0, 0.1) is 0 Å². The molecular formula is C11H24N2O4S. The normalized spacial score (nSPS) is 15.4. The van der Waals surface area contributed by atoms with E-state index in [1.807, 2.05) is 6.92 Å². The molecule has 6 nitrogen and oxygen atoms in total. The largest absolute Gasteiger partial charge is 0.468 e. The van der Waals surface area contributed by atoms with Crippen LogP contribution >= 0.6 is 0 Å². The van der Waals surface area contributed by atoms with Crippen LogP contribution in [0.5, 0.6) is 0 Å². The van der Waals surface area contributed by atoms with Crippen LogP contribution in [0.1, 0.15) is 40.5 Å². The number of esters is 1. The number of nitrogens with one attached hydrogen (secondary N) is 1. The van der Waals surface area contributed by atoms with Gasteiger partial charge in [0.25, 0.3) is 10.2 Å². The Morgan fingerprint density at radius 1 is 1.28 bits per heavy atom. The number of carbonyl (C=O) groups is 1. The number of rotatable bonds is 8. The molecule has 0 aromatic carbocycles. The summed E-state index contributed by atoms with van der Waals surface area (Å²) in [4.78, 5) is 11.7. The third-order valence-corrected chi connectivity index (χ3v) is 4.69. The third-order valence-electron chi connectivity index (χ3n) is 2.79. The van der Waals surface area contributed by atoms with Gasteiger partial charge in [-0.25, -0.2) is 0 Å². The smallest absolute Gasteiger partial charge is 0.326 e. The lowest BCUT2D eigenvalue weighted by Gasteiger charge is -2.30. The summed E-state index contributed by atoms with van der Waals surface area (Å²) in [5.41, 5.74) is -1.22. The van der Waals surface area contributed by atoms with Gasteiger partial charge >= 0.3 is 5.97 Å². The number of carbonyl (C=O) groups excluding carboxylic acids is 1. The zero-order chi connectivity index (χ0) is 14.4. The van der Waals surface area contributed by atoms with Gasteiger partial charge in [-0.3, -0.25) is 4.79 Å². The van der Waals surface area contributed by atoms with E-state index in [-0.39, 0.29) is 0 Å². The van der Waals surface area contributed by atoms with Gasteiger partial charge in [0.1, 0.15) is 5.54 Å². The van der Waals surface area contributed by atoms with Crippen molar-refractivity contribution in [2.75, 3.05) is 20.2 Å². The van der Waals surface area contributed by atoms with Crippen LogP contribution in [-0.4, -0.2) is 44.4 Å². The number of nitrogens with zero attached hydrogens (tertiary/aromatic N) is 1. The second-order valence-electron chi connectivity index (χ2n) is 4.27. The third kappa shape index (κ3) is 4.22. The Bertz CT molecular complexity index is 365. The molecule has 0 heterocycles. The molecule has 0 aromatic heterocycles. The van der Waals surface area contributed by atoms with Gasteiger partial charge in [-0.05, 0) is 13.3 Å². The molecule has 0 fully saturated rings. The molecule has 0 rings (SSSR count). The van der Waals surface area contributed by atoms with Crippen LogP contribution in [0.2, 0.25) is 0 Å². The number of methoxy groups -OCH3 is 1. The molecule has 108 valence electrons. The Labute approximate surface area is 110 Å². The van der Waals surface area contributed by atoms with Crippen molar-refractivity contribution in [2.24, 2.45) is 0 Å². The summed E-state index contributed by atoms with van der Waals surface area (Å²) >= 11 is 0. The highest BCUT2D eigenvalue weighted by Gasteiger charge is 2.39. The zero-order valence-electron chi connectivity index (χ0n) is 11.8. The average Bonchev–Trinajstić information content (AvgIpc) is 2.28. The molecule has 0 aromatic rings. The van der Waals surface area contributed by atoms with Crippen LogP contribution in [-0.2, 0) is 19.7 Å². The standard InChI is InChI=1S/C11H24N2O4S/c1-6-9-11(4,10(14)17-5)12-18(15,16)13(7-2)8-3/h12H,6-9H2,1-5H3. The summed E-state index contributed by atoms with van der Waals surface area (Å²) in [7, 11) is -2.42. The average molecular weight is 280 g/mol. The molecule has 0 spiro atoms. The highest BCUT2D eigenvalue weighted by molar-refractivity contribution is 7.87. The minimum atomic E-state index is -3.67. The van der Waals surface area contributed by atoms with Crippen molar-refractivity contribution in [1.29, 1.82) is 0 Å². The monoisotopic (exact) mass is 280 g/mol. The van der Waals surface area contributed by atoms with Gasteiger partial charge in [0.15, 0.2) is 0 Å². The Kier molecular flexibility index (Phi) is 6.80. The minimum absolute atomic E-state index is 0.356. The lowest BCUT2D eigenvalue weighted by Crippen LogP contribution is -2.56. The molecule has 0 saturated heterocycles. The predicted molar refractivity (Wildman–Crippen MR) is 70.3 cm³/mol. The van der Waals surface area contributed by atoms with Crippen molar-refractivity contribution in [2.45, 2.75) is 46.1 Å². The van der Waals surface area contributed by atoms with Gasteiger partial charge in [0.05, 0.1) is 7.11 Å². The maximum Gasteiger partial charge on any atom is 0.326 e. The van der Waals surface area contributed by atoms with Gasteiger partial charge < -0.3 is 4.74 Å². The van der Waals surface area contributed by atoms with Gasteiger partial charge in [-0.15, -0.1) is 0 Å². The first kappa shape index (κ1) is 17.3. The van der Waals surface area contributed by atoms with Crippen molar-refractivity contribution in [3.8, 4) is 0 Å². The minimum Gasteiger partial charge on any atom is -0.468 e. The molecule has 1 atom stereocenters. The summed E-state index contributed by atoms with van der Waals surface area (Å²) in [5, 5.41) is 0. The van der Waals surface area contributed by atoms with E-state index >= 15 is 0 Å². The van der Waals surface area contributed by atoms with Crippen LogP contribution in [0.15, 0.2) is 0 Å². The summed E-state index contributed by atoms with van der Waals surface area (Å²) in [6.45, 7) is 7.64. The maximum absolute atomic E-state index is 12.1. The maximum atomic E-state index is 12.1. The van der Waals surface area contributed by atoms with E-state index in [0.29, 0.717) is 25.9 Å². The first-order valence-electron chi connectivity index (χ1n) is 6.14. The number of hydrogen-bond acceptors (Lipinski definition) is 4. The number of hydrogen-bond donors (Lipinski definition) is 1. The Hall–Kier alpha value is -0.660. The van der Waals surface area contributed by atoms with Crippen LogP contribution in [0.4, 0.5) is 0 Å². The van der Waals surface area contributed by atoms with E-state index in [1.165, 1.54) is 11.4 Å². The van der Waals surface area contributed by atoms with Crippen LogP contribution in [0.25, 0.3) is 0 Å². The molecular weight excluding hydrogens is 256 g/mol. The summed E-state index contributed by atoms with van der Waals surface area (Å²) in [6.07, 6.45) is 1.06. The molecule has 0 aliphatic heterocycles. The van der Waals surface area contributed by atoms with E-state index in [0.717, 1.165) is 0 Å². The highest BCUT2D eigenvalue weighted by atomic mass is 32.2. The predicted octanol–water partition coefficient (Wildman–Crippen LogP) is 0.894. The molecule has 7 heteroatoms. The fraction of sp³-hybridized carbons (Fsp3) is 0.909. The Morgan fingerprint density at radius 2 is 1.78 bits per heavy atom. The SMILES string of the molecule is CCCC(C)(NS(=O)(=O)N(CC)CC)C(=O)OC. The van der Waals surface area contributed by atoms with Crippen molar-refractivity contribution in [1.82, 2.24) is 9.03 Å². The van der Waals surface area contributed by atoms with Crippen molar-refractivity contribution in [3.63, 3.8) is 0 Å². The second kappa shape index (κ2) is 7.06. The Morgan fingerprint density at radius 3 is 2.11 bits per heavy atom. The van der Waals surface area contributed by atoms with Crippen LogP contribution in [0.3, 0.4) is 0 Å². The second-order valence-corrected chi connectivity index (χ2v) is 5.94. The highest BCUT2D eigenvalue weighted by Crippen LogP contribution is 2.17. The quantitative estimate of drug-likeness (QED) is 0.670. The van der Waals surface area contributed by atoms with Gasteiger partial charge in [-0.1, -0.05) is 27.2 Å². The lowest BCUT2D eigenvalue weighted by atomic mass is 9.98. The van der Waals surface area contributed by atoms with E-state index in [9.17, 15) is 13.2 Å². The van der Waals surface area contributed by atoms with Crippen molar-refractivity contribution >= 4 is 16.2 Å². The molecule has 0 aliphatic rings. The van der Waals surface area contributed by atoms with Gasteiger partial charge in [-0.2, -0.15) is 17.4 Å². The van der Waals surface area contributed by atoms with E-state index in [4.69, 9.17) is 0 Å². The van der Waals surface area contributed by atoms with Crippen molar-refractivity contribution < 1.29 is 17.9 Å². The van der Waals surface area contributed by atoms with Gasteiger partial charge in [0.2, 0.25) is 0 Å². The van der Waals surface area contributed by atoms with E-state index in [1.54, 1.807) is 20.8 Å². The lowest BCUT2D eigenvalue weighted by molar-refractivity contribution is -0.147. The van der Waals surface area contributed by atoms with Crippen LogP contribution < -0.4 is 4.72 Å². The summed E-state index contributed by atoms with van der Waals surface area (Å²) in [5.74, 6) is -0.569. The topological polar surface area (TPSA) is 75.7 Å². The molecule has 0 amide bonds. The fourth-order valence-electron chi connectivity index (χ4n) is 1.83. The first-order chi connectivity index (χ1) is 8.27. The summed E-state index contributed by atoms with van der Waals surface area (Å²) < 4.78 is 32.6. The molecule has 1 N–H and O–H groups in total. The van der Waals surface area contributed by atoms with E-state index in [2.05, 4.69) is 9.46 Å². The molecule has 0 radical (unpaired) electrons. The first-order valence-corrected chi connectivity index (χ1v) is 7.58. The Balaban J connectivity index is 5.16. The molecule has 0 saturated carbocycles. The number of ether oxygens (including phenoxy) is 1. The molecule has 18 heavy (non-hydrogen) atoms. The molecule has 0 aliphatic carbocycles. The van der Waals surface area contributed by atoms with E-state index < -0.39 is 21.7 Å². The summed E-state index contributed by atoms with van der Waals surface area (Å²) in [6, 6.07) is 0. The van der Waals surface area contributed by atoms with Crippen molar-refractivity contribution in [3.05, 3.63) is 0 Å². The molecule has 0 bridgehead atoms. The zero-order valence-corrected chi connectivity index (χ0v) is 12.6. The fourth-order valence-corrected chi connectivity index (χ4v) is 3.40. The van der Waals surface area contributed by atoms with Gasteiger partial charge in [0, 0.05) is 13.1 Å².